The molecule has 0 fully saturated rings. The van der Waals surface area contributed by atoms with Gasteiger partial charge in [-0.15, -0.1) is 0 Å². The van der Waals surface area contributed by atoms with Crippen molar-refractivity contribution >= 4 is 6.09 Å². The normalized spacial score (nSPS) is 10.7. The number of nitrogens with zero attached hydrogens (tertiary/aromatic N) is 1. The Hall–Kier alpha value is -0.810. The third-order valence-corrected chi connectivity index (χ3v) is 2.18. The molecule has 0 aromatic carbocycles. The van der Waals surface area contributed by atoms with Crippen LogP contribution in [0, 0.1) is 0 Å². The molecule has 0 aliphatic heterocycles. The fraction of sp³-hybridized carbons (Fsp3) is 0.929. The van der Waals surface area contributed by atoms with E-state index in [4.69, 9.17) is 9.84 Å². The number of aliphatic hydroxyl groups is 1. The summed E-state index contributed by atoms with van der Waals surface area (Å²) in [4.78, 5) is 13.4. The second kappa shape index (κ2) is 12.2. The predicted octanol–water partition coefficient (Wildman–Crippen LogP) is 2.24. The van der Waals surface area contributed by atoms with Crippen LogP contribution in [0.2, 0.25) is 0 Å². The molecule has 0 heterocycles. The van der Waals surface area contributed by atoms with E-state index in [1.54, 1.807) is 0 Å². The molecular weight excluding hydrogens is 244 g/mol. The summed E-state index contributed by atoms with van der Waals surface area (Å²) in [5.41, 5.74) is -0.448. The van der Waals surface area contributed by atoms with Gasteiger partial charge in [-0.1, -0.05) is 20.8 Å². The van der Waals surface area contributed by atoms with Crippen LogP contribution in [0.25, 0.3) is 0 Å². The SMILES string of the molecule is CC.CCN(CCO)CCCNC(=O)OC(C)(C)C. The zero-order valence-corrected chi connectivity index (χ0v) is 13.5. The van der Waals surface area contributed by atoms with E-state index in [0.717, 1.165) is 19.5 Å². The lowest BCUT2D eigenvalue weighted by atomic mass is 10.2. The van der Waals surface area contributed by atoms with Gasteiger partial charge in [0.05, 0.1) is 6.61 Å². The van der Waals surface area contributed by atoms with Gasteiger partial charge in [-0.2, -0.15) is 0 Å². The number of rotatable bonds is 7. The summed E-state index contributed by atoms with van der Waals surface area (Å²) in [6.45, 7) is 14.8. The molecule has 116 valence electrons. The van der Waals surface area contributed by atoms with Crippen LogP contribution in [-0.4, -0.2) is 54.5 Å². The van der Waals surface area contributed by atoms with E-state index in [0.29, 0.717) is 13.1 Å². The first-order valence-electron chi connectivity index (χ1n) is 7.19. The largest absolute Gasteiger partial charge is 0.444 e. The quantitative estimate of drug-likeness (QED) is 0.700. The lowest BCUT2D eigenvalue weighted by Crippen LogP contribution is -2.35. The Morgan fingerprint density at radius 3 is 2.26 bits per heavy atom. The molecule has 0 saturated heterocycles. The molecule has 0 saturated carbocycles. The van der Waals surface area contributed by atoms with Gasteiger partial charge in [0.2, 0.25) is 0 Å². The summed E-state index contributed by atoms with van der Waals surface area (Å²) < 4.78 is 5.11. The molecule has 0 aromatic rings. The van der Waals surface area contributed by atoms with Crippen LogP contribution < -0.4 is 5.32 Å². The van der Waals surface area contributed by atoms with Crippen LogP contribution in [0.5, 0.6) is 0 Å². The van der Waals surface area contributed by atoms with E-state index in [-0.39, 0.29) is 12.7 Å². The van der Waals surface area contributed by atoms with Crippen LogP contribution in [0.3, 0.4) is 0 Å². The van der Waals surface area contributed by atoms with Crippen molar-refractivity contribution in [3.8, 4) is 0 Å². The van der Waals surface area contributed by atoms with Crippen molar-refractivity contribution in [2.24, 2.45) is 0 Å². The van der Waals surface area contributed by atoms with Crippen molar-refractivity contribution < 1.29 is 14.6 Å². The van der Waals surface area contributed by atoms with E-state index in [9.17, 15) is 4.79 Å². The fourth-order valence-corrected chi connectivity index (χ4v) is 1.38. The van der Waals surface area contributed by atoms with Crippen LogP contribution in [0.4, 0.5) is 4.79 Å². The average Bonchev–Trinajstić information content (AvgIpc) is 2.33. The summed E-state index contributed by atoms with van der Waals surface area (Å²) in [5.74, 6) is 0. The van der Waals surface area contributed by atoms with Crippen molar-refractivity contribution in [1.29, 1.82) is 0 Å². The Bertz CT molecular complexity index is 215. The highest BCUT2D eigenvalue weighted by atomic mass is 16.6. The lowest BCUT2D eigenvalue weighted by Gasteiger charge is -2.21. The fourth-order valence-electron chi connectivity index (χ4n) is 1.38. The van der Waals surface area contributed by atoms with Crippen molar-refractivity contribution in [3.63, 3.8) is 0 Å². The van der Waals surface area contributed by atoms with Gasteiger partial charge < -0.3 is 20.1 Å². The van der Waals surface area contributed by atoms with E-state index in [2.05, 4.69) is 17.1 Å². The molecule has 0 aliphatic rings. The highest BCUT2D eigenvalue weighted by Gasteiger charge is 2.15. The maximum Gasteiger partial charge on any atom is 0.407 e. The van der Waals surface area contributed by atoms with Crippen molar-refractivity contribution in [1.82, 2.24) is 10.2 Å². The van der Waals surface area contributed by atoms with Crippen LogP contribution >= 0.6 is 0 Å². The molecule has 0 rings (SSSR count). The molecule has 5 nitrogen and oxygen atoms in total. The third kappa shape index (κ3) is 15.1. The first-order valence-corrected chi connectivity index (χ1v) is 7.19. The first kappa shape index (κ1) is 20.5. The smallest absolute Gasteiger partial charge is 0.407 e. The predicted molar refractivity (Wildman–Crippen MR) is 79.4 cm³/mol. The number of amides is 1. The molecule has 1 amide bonds. The second-order valence-corrected chi connectivity index (χ2v) is 4.94. The van der Waals surface area contributed by atoms with E-state index in [1.807, 2.05) is 34.6 Å². The summed E-state index contributed by atoms with van der Waals surface area (Å²) in [5, 5.41) is 11.5. The zero-order chi connectivity index (χ0) is 15.3. The number of likely N-dealkylation sites (N-methyl/N-ethyl adjacent to an activating group) is 1. The van der Waals surface area contributed by atoms with E-state index >= 15 is 0 Å². The van der Waals surface area contributed by atoms with Gasteiger partial charge in [-0.05, 0) is 40.3 Å². The van der Waals surface area contributed by atoms with Gasteiger partial charge in [0.1, 0.15) is 5.60 Å². The van der Waals surface area contributed by atoms with Crippen LogP contribution in [0.1, 0.15) is 48.0 Å². The van der Waals surface area contributed by atoms with E-state index < -0.39 is 5.60 Å². The minimum atomic E-state index is -0.448. The number of carbonyl (C=O) groups is 1. The number of ether oxygens (including phenoxy) is 1. The van der Waals surface area contributed by atoms with Gasteiger partial charge in [-0.3, -0.25) is 0 Å². The Kier molecular flexibility index (Phi) is 13.2. The summed E-state index contributed by atoms with van der Waals surface area (Å²) in [7, 11) is 0. The molecule has 0 atom stereocenters. The molecular formula is C14H32N2O3. The summed E-state index contributed by atoms with van der Waals surface area (Å²) in [6.07, 6.45) is 0.482. The average molecular weight is 276 g/mol. The summed E-state index contributed by atoms with van der Waals surface area (Å²) in [6, 6.07) is 0. The Labute approximate surface area is 118 Å². The van der Waals surface area contributed by atoms with Crippen molar-refractivity contribution in [3.05, 3.63) is 0 Å². The maximum absolute atomic E-state index is 11.3. The minimum absolute atomic E-state index is 0.174. The number of nitrogens with one attached hydrogen (secondary N) is 1. The second-order valence-electron chi connectivity index (χ2n) is 4.94. The van der Waals surface area contributed by atoms with Crippen molar-refractivity contribution in [2.45, 2.75) is 53.6 Å². The molecule has 0 spiro atoms. The molecule has 0 bridgehead atoms. The third-order valence-electron chi connectivity index (χ3n) is 2.18. The van der Waals surface area contributed by atoms with Crippen LogP contribution in [-0.2, 0) is 4.74 Å². The molecule has 5 heteroatoms. The van der Waals surface area contributed by atoms with Crippen molar-refractivity contribution in [2.75, 3.05) is 32.8 Å². The lowest BCUT2D eigenvalue weighted by molar-refractivity contribution is 0.0525. The van der Waals surface area contributed by atoms with Gasteiger partial charge in [0, 0.05) is 13.1 Å². The monoisotopic (exact) mass is 276 g/mol. The van der Waals surface area contributed by atoms with E-state index in [1.165, 1.54) is 0 Å². The molecule has 0 radical (unpaired) electrons. The molecule has 19 heavy (non-hydrogen) atoms. The van der Waals surface area contributed by atoms with Gasteiger partial charge in [0.15, 0.2) is 0 Å². The minimum Gasteiger partial charge on any atom is -0.444 e. The Morgan fingerprint density at radius 1 is 1.26 bits per heavy atom. The topological polar surface area (TPSA) is 61.8 Å². The van der Waals surface area contributed by atoms with Gasteiger partial charge in [0.25, 0.3) is 0 Å². The van der Waals surface area contributed by atoms with Gasteiger partial charge >= 0.3 is 6.09 Å². The number of hydrogen-bond donors (Lipinski definition) is 2. The zero-order valence-electron chi connectivity index (χ0n) is 13.5. The highest BCUT2D eigenvalue weighted by Crippen LogP contribution is 2.06. The standard InChI is InChI=1S/C12H26N2O3.C2H6/c1-5-14(9-10-15)8-6-7-13-11(16)17-12(2,3)4;1-2/h15H,5-10H2,1-4H3,(H,13,16);1-2H3. The van der Waals surface area contributed by atoms with Crippen LogP contribution in [0.15, 0.2) is 0 Å². The number of hydrogen-bond acceptors (Lipinski definition) is 4. The molecule has 0 unspecified atom stereocenters. The number of carbonyl (C=O) groups excluding carboxylic acids is 1. The molecule has 0 aliphatic carbocycles. The first-order chi connectivity index (χ1) is 8.89. The van der Waals surface area contributed by atoms with Gasteiger partial charge in [-0.25, -0.2) is 4.79 Å². The highest BCUT2D eigenvalue weighted by molar-refractivity contribution is 5.67. The Morgan fingerprint density at radius 2 is 1.84 bits per heavy atom. The Balaban J connectivity index is 0. The molecule has 2 N–H and O–H groups in total. The molecule has 0 aromatic heterocycles. The summed E-state index contributed by atoms with van der Waals surface area (Å²) >= 11 is 0. The number of aliphatic hydroxyl groups excluding tert-OH is 1. The number of alkyl carbamates (subject to hydrolysis) is 1. The maximum atomic E-state index is 11.3.